The standard InChI is InChI=1S/C16H21N3O2/c1-19(2)9-10-21-16-7-4-13(5-8-16)17-11-14-3-6-15(20)12-18-14/h3-8,12,17,20H,9-11H2,1-2H3. The van der Waals surface area contributed by atoms with Crippen LogP contribution in [0.5, 0.6) is 11.5 Å². The zero-order chi connectivity index (χ0) is 15.1. The van der Waals surface area contributed by atoms with E-state index in [2.05, 4.69) is 15.2 Å². The van der Waals surface area contributed by atoms with Crippen LogP contribution in [0.25, 0.3) is 0 Å². The molecule has 112 valence electrons. The Morgan fingerprint density at radius 3 is 2.52 bits per heavy atom. The number of likely N-dealkylation sites (N-methyl/N-ethyl adjacent to an activating group) is 1. The number of pyridine rings is 1. The van der Waals surface area contributed by atoms with Gasteiger partial charge in [-0.05, 0) is 50.5 Å². The number of rotatable bonds is 7. The van der Waals surface area contributed by atoms with Gasteiger partial charge < -0.3 is 20.1 Å². The highest BCUT2D eigenvalue weighted by Crippen LogP contribution is 2.16. The molecule has 0 spiro atoms. The second-order valence-corrected chi connectivity index (χ2v) is 5.04. The summed E-state index contributed by atoms with van der Waals surface area (Å²) >= 11 is 0. The highest BCUT2D eigenvalue weighted by Gasteiger charge is 1.98. The van der Waals surface area contributed by atoms with Gasteiger partial charge in [0.25, 0.3) is 0 Å². The van der Waals surface area contributed by atoms with E-state index in [1.54, 1.807) is 12.1 Å². The number of aromatic nitrogens is 1. The van der Waals surface area contributed by atoms with Crippen LogP contribution in [0.2, 0.25) is 0 Å². The van der Waals surface area contributed by atoms with Crippen LogP contribution in [0.3, 0.4) is 0 Å². The van der Waals surface area contributed by atoms with Crippen LogP contribution in [0.4, 0.5) is 5.69 Å². The second kappa shape index (κ2) is 7.50. The number of nitrogens with zero attached hydrogens (tertiary/aromatic N) is 2. The van der Waals surface area contributed by atoms with E-state index in [0.717, 1.165) is 23.7 Å². The molecule has 1 aromatic heterocycles. The fourth-order valence-electron chi connectivity index (χ4n) is 1.73. The topological polar surface area (TPSA) is 57.6 Å². The quantitative estimate of drug-likeness (QED) is 0.818. The summed E-state index contributed by atoms with van der Waals surface area (Å²) < 4.78 is 5.64. The van der Waals surface area contributed by atoms with Crippen molar-refractivity contribution in [3.63, 3.8) is 0 Å². The van der Waals surface area contributed by atoms with Gasteiger partial charge in [0.2, 0.25) is 0 Å². The zero-order valence-electron chi connectivity index (χ0n) is 12.4. The van der Waals surface area contributed by atoms with Gasteiger partial charge in [0.15, 0.2) is 0 Å². The molecule has 0 saturated carbocycles. The van der Waals surface area contributed by atoms with Crippen LogP contribution < -0.4 is 10.1 Å². The molecule has 5 heteroatoms. The van der Waals surface area contributed by atoms with Crippen molar-refractivity contribution >= 4 is 5.69 Å². The molecule has 1 aromatic carbocycles. The third kappa shape index (κ3) is 5.31. The summed E-state index contributed by atoms with van der Waals surface area (Å²) in [5.74, 6) is 1.04. The number of aromatic hydroxyl groups is 1. The molecule has 0 aliphatic rings. The minimum absolute atomic E-state index is 0.179. The number of hydrogen-bond acceptors (Lipinski definition) is 5. The van der Waals surface area contributed by atoms with Crippen LogP contribution in [-0.2, 0) is 6.54 Å². The Kier molecular flexibility index (Phi) is 5.40. The van der Waals surface area contributed by atoms with Gasteiger partial charge in [0.1, 0.15) is 18.1 Å². The van der Waals surface area contributed by atoms with Gasteiger partial charge in [-0.1, -0.05) is 0 Å². The zero-order valence-corrected chi connectivity index (χ0v) is 12.4. The predicted molar refractivity (Wildman–Crippen MR) is 83.7 cm³/mol. The number of ether oxygens (including phenoxy) is 1. The summed E-state index contributed by atoms with van der Waals surface area (Å²) in [5, 5.41) is 12.5. The molecule has 1 heterocycles. The molecule has 2 rings (SSSR count). The van der Waals surface area contributed by atoms with E-state index >= 15 is 0 Å². The van der Waals surface area contributed by atoms with Gasteiger partial charge in [-0.2, -0.15) is 0 Å². The van der Waals surface area contributed by atoms with Crippen molar-refractivity contribution in [1.82, 2.24) is 9.88 Å². The van der Waals surface area contributed by atoms with Gasteiger partial charge in [-0.3, -0.25) is 4.98 Å². The first-order valence-electron chi connectivity index (χ1n) is 6.89. The number of benzene rings is 1. The summed E-state index contributed by atoms with van der Waals surface area (Å²) in [6.07, 6.45) is 1.44. The molecular formula is C16H21N3O2. The first-order chi connectivity index (χ1) is 10.1. The third-order valence-corrected chi connectivity index (χ3v) is 2.94. The maximum absolute atomic E-state index is 9.18. The summed E-state index contributed by atoms with van der Waals surface area (Å²) in [6.45, 7) is 2.19. The molecule has 21 heavy (non-hydrogen) atoms. The van der Waals surface area contributed by atoms with E-state index in [0.29, 0.717) is 13.2 Å². The summed E-state index contributed by atoms with van der Waals surface area (Å²) in [4.78, 5) is 6.21. The maximum atomic E-state index is 9.18. The van der Waals surface area contributed by atoms with Crippen LogP contribution in [0.15, 0.2) is 42.6 Å². The summed E-state index contributed by atoms with van der Waals surface area (Å²) in [6, 6.07) is 11.3. The Labute approximate surface area is 125 Å². The third-order valence-electron chi connectivity index (χ3n) is 2.94. The molecule has 0 aliphatic carbocycles. The van der Waals surface area contributed by atoms with Gasteiger partial charge >= 0.3 is 0 Å². The lowest BCUT2D eigenvalue weighted by Crippen LogP contribution is -2.19. The van der Waals surface area contributed by atoms with E-state index in [4.69, 9.17) is 4.74 Å². The minimum Gasteiger partial charge on any atom is -0.506 e. The van der Waals surface area contributed by atoms with Crippen molar-refractivity contribution in [2.45, 2.75) is 6.54 Å². The SMILES string of the molecule is CN(C)CCOc1ccc(NCc2ccc(O)cn2)cc1. The van der Waals surface area contributed by atoms with Gasteiger partial charge in [0, 0.05) is 12.2 Å². The lowest BCUT2D eigenvalue weighted by molar-refractivity contribution is 0.261. The largest absolute Gasteiger partial charge is 0.506 e. The summed E-state index contributed by atoms with van der Waals surface area (Å²) in [7, 11) is 4.04. The van der Waals surface area contributed by atoms with Crippen molar-refractivity contribution in [1.29, 1.82) is 0 Å². The summed E-state index contributed by atoms with van der Waals surface area (Å²) in [5.41, 5.74) is 1.88. The maximum Gasteiger partial charge on any atom is 0.133 e. The van der Waals surface area contributed by atoms with Crippen molar-refractivity contribution in [3.05, 3.63) is 48.3 Å². The monoisotopic (exact) mass is 287 g/mol. The predicted octanol–water partition coefficient (Wildman–Crippen LogP) is 2.34. The van der Waals surface area contributed by atoms with Crippen LogP contribution in [-0.4, -0.2) is 42.2 Å². The first-order valence-corrected chi connectivity index (χ1v) is 6.89. The van der Waals surface area contributed by atoms with Crippen LogP contribution in [0, 0.1) is 0 Å². The van der Waals surface area contributed by atoms with E-state index in [1.165, 1.54) is 6.20 Å². The first kappa shape index (κ1) is 15.1. The molecule has 0 unspecified atom stereocenters. The van der Waals surface area contributed by atoms with Crippen LogP contribution in [0.1, 0.15) is 5.69 Å². The Morgan fingerprint density at radius 1 is 1.14 bits per heavy atom. The molecule has 2 N–H and O–H groups in total. The Balaban J connectivity index is 1.80. The normalized spacial score (nSPS) is 10.6. The van der Waals surface area contributed by atoms with E-state index < -0.39 is 0 Å². The lowest BCUT2D eigenvalue weighted by atomic mass is 10.3. The minimum atomic E-state index is 0.179. The Morgan fingerprint density at radius 2 is 1.90 bits per heavy atom. The molecular weight excluding hydrogens is 266 g/mol. The molecule has 0 saturated heterocycles. The van der Waals surface area contributed by atoms with Crippen LogP contribution >= 0.6 is 0 Å². The Bertz CT molecular complexity index is 538. The molecule has 0 aliphatic heterocycles. The second-order valence-electron chi connectivity index (χ2n) is 5.04. The Hall–Kier alpha value is -2.27. The molecule has 2 aromatic rings. The average molecular weight is 287 g/mol. The molecule has 0 fully saturated rings. The number of hydrogen-bond donors (Lipinski definition) is 2. The van der Waals surface area contributed by atoms with Crippen molar-refractivity contribution in [2.24, 2.45) is 0 Å². The van der Waals surface area contributed by atoms with E-state index in [9.17, 15) is 5.11 Å². The van der Waals surface area contributed by atoms with E-state index in [-0.39, 0.29) is 5.75 Å². The fourth-order valence-corrected chi connectivity index (χ4v) is 1.73. The highest BCUT2D eigenvalue weighted by atomic mass is 16.5. The molecule has 0 radical (unpaired) electrons. The van der Waals surface area contributed by atoms with Crippen molar-refractivity contribution < 1.29 is 9.84 Å². The molecule has 0 atom stereocenters. The van der Waals surface area contributed by atoms with Gasteiger partial charge in [-0.15, -0.1) is 0 Å². The lowest BCUT2D eigenvalue weighted by Gasteiger charge is -2.11. The molecule has 5 nitrogen and oxygen atoms in total. The fraction of sp³-hybridized carbons (Fsp3) is 0.312. The number of anilines is 1. The smallest absolute Gasteiger partial charge is 0.133 e. The molecule has 0 amide bonds. The van der Waals surface area contributed by atoms with Gasteiger partial charge in [0.05, 0.1) is 18.4 Å². The van der Waals surface area contributed by atoms with E-state index in [1.807, 2.05) is 38.4 Å². The average Bonchev–Trinajstić information content (AvgIpc) is 2.48. The number of nitrogens with one attached hydrogen (secondary N) is 1. The molecule has 0 bridgehead atoms. The van der Waals surface area contributed by atoms with Crippen molar-refractivity contribution in [3.8, 4) is 11.5 Å². The van der Waals surface area contributed by atoms with Crippen molar-refractivity contribution in [2.75, 3.05) is 32.6 Å². The van der Waals surface area contributed by atoms with Gasteiger partial charge in [-0.25, -0.2) is 0 Å². The highest BCUT2D eigenvalue weighted by molar-refractivity contribution is 5.46.